The van der Waals surface area contributed by atoms with E-state index >= 15 is 0 Å². The molecule has 1 aromatic carbocycles. The number of epoxide rings is 1. The summed E-state index contributed by atoms with van der Waals surface area (Å²) in [5.41, 5.74) is 0.225. The first-order valence-electron chi connectivity index (χ1n) is 11.4. The molecule has 1 aromatic rings. The van der Waals surface area contributed by atoms with Gasteiger partial charge in [0.05, 0.1) is 30.6 Å². The molecule has 3 rings (SSSR count). The van der Waals surface area contributed by atoms with E-state index < -0.39 is 35.3 Å². The number of alkyl halides is 1. The highest BCUT2D eigenvalue weighted by molar-refractivity contribution is 6.18. The summed E-state index contributed by atoms with van der Waals surface area (Å²) in [6, 6.07) is 7.29. The van der Waals surface area contributed by atoms with Gasteiger partial charge in [-0.2, -0.15) is 0 Å². The molecule has 0 spiro atoms. The summed E-state index contributed by atoms with van der Waals surface area (Å²) in [6.45, 7) is 6.09. The predicted molar refractivity (Wildman–Crippen MR) is 128 cm³/mol. The van der Waals surface area contributed by atoms with Gasteiger partial charge in [-0.1, -0.05) is 11.6 Å². The molecule has 0 radical (unpaired) electrons. The van der Waals surface area contributed by atoms with Crippen molar-refractivity contribution >= 4 is 23.3 Å². The Bertz CT molecular complexity index is 842. The summed E-state index contributed by atoms with van der Waals surface area (Å²) in [4.78, 5) is 12.6. The molecule has 1 saturated heterocycles. The number of esters is 1. The lowest BCUT2D eigenvalue weighted by Crippen LogP contribution is -2.61. The number of rotatable bonds is 10. The van der Waals surface area contributed by atoms with Crippen molar-refractivity contribution in [3.05, 3.63) is 35.9 Å². The molecule has 2 N–H and O–H groups in total. The average molecular weight is 482 g/mol. The number of methoxy groups -OCH3 is 2. The van der Waals surface area contributed by atoms with Crippen LogP contribution < -0.4 is 10.1 Å². The van der Waals surface area contributed by atoms with Crippen LogP contribution in [-0.2, 0) is 19.0 Å². The molecule has 0 aromatic heterocycles. The van der Waals surface area contributed by atoms with Gasteiger partial charge in [-0.25, -0.2) is 0 Å². The summed E-state index contributed by atoms with van der Waals surface area (Å²) in [7, 11) is 3.18. The van der Waals surface area contributed by atoms with E-state index in [-0.39, 0.29) is 18.5 Å². The summed E-state index contributed by atoms with van der Waals surface area (Å²) in [6.07, 6.45) is 2.66. The second-order valence-electron chi connectivity index (χ2n) is 9.37. The van der Waals surface area contributed by atoms with Crippen LogP contribution in [0.15, 0.2) is 35.9 Å². The Morgan fingerprint density at radius 1 is 1.30 bits per heavy atom. The Morgan fingerprint density at radius 2 is 2.00 bits per heavy atom. The van der Waals surface area contributed by atoms with Crippen LogP contribution in [0.5, 0.6) is 5.75 Å². The monoisotopic (exact) mass is 481 g/mol. The molecule has 1 saturated carbocycles. The van der Waals surface area contributed by atoms with Gasteiger partial charge in [-0.3, -0.25) is 4.79 Å². The van der Waals surface area contributed by atoms with E-state index in [2.05, 4.69) is 11.4 Å². The van der Waals surface area contributed by atoms with Gasteiger partial charge in [0.15, 0.2) is 0 Å². The fourth-order valence-corrected chi connectivity index (χ4v) is 5.22. The van der Waals surface area contributed by atoms with E-state index in [1.54, 1.807) is 14.2 Å². The van der Waals surface area contributed by atoms with Crippen molar-refractivity contribution in [2.24, 2.45) is 5.92 Å². The molecule has 184 valence electrons. The number of halogens is 1. The zero-order valence-corrected chi connectivity index (χ0v) is 20.9. The van der Waals surface area contributed by atoms with Crippen LogP contribution in [0, 0.1) is 5.92 Å². The minimum atomic E-state index is -1.17. The normalized spacial score (nSPS) is 33.2. The molecular weight excluding hydrogens is 446 g/mol. The zero-order chi connectivity index (χ0) is 24.2. The number of allylic oxidation sites excluding steroid dienone is 1. The van der Waals surface area contributed by atoms with Crippen molar-refractivity contribution in [2.75, 3.05) is 32.0 Å². The number of carbonyl (C=O) groups is 1. The molecule has 33 heavy (non-hydrogen) atoms. The lowest BCUT2D eigenvalue weighted by molar-refractivity contribution is -0.191. The van der Waals surface area contributed by atoms with Gasteiger partial charge < -0.3 is 29.4 Å². The van der Waals surface area contributed by atoms with Crippen molar-refractivity contribution in [2.45, 2.75) is 69.5 Å². The lowest BCUT2D eigenvalue weighted by Gasteiger charge is -2.48. The quantitative estimate of drug-likeness (QED) is 0.226. The van der Waals surface area contributed by atoms with Crippen LogP contribution in [0.25, 0.3) is 0 Å². The van der Waals surface area contributed by atoms with Crippen LogP contribution in [0.1, 0.15) is 40.0 Å². The summed E-state index contributed by atoms with van der Waals surface area (Å²) >= 11 is 6.24. The third-order valence-electron chi connectivity index (χ3n) is 6.78. The first kappa shape index (κ1) is 25.8. The molecule has 7 nitrogen and oxygen atoms in total. The molecule has 2 fully saturated rings. The number of hydrogen-bond donors (Lipinski definition) is 2. The van der Waals surface area contributed by atoms with Gasteiger partial charge in [-0.15, -0.1) is 11.6 Å². The van der Waals surface area contributed by atoms with Gasteiger partial charge in [0.2, 0.25) is 0 Å². The number of anilines is 1. The number of ether oxygens (including phenoxy) is 4. The summed E-state index contributed by atoms with van der Waals surface area (Å²) in [5.74, 6) is -0.0178. The Morgan fingerprint density at radius 3 is 2.58 bits per heavy atom. The number of benzene rings is 1. The van der Waals surface area contributed by atoms with Crippen LogP contribution in [0.4, 0.5) is 5.69 Å². The molecule has 1 aliphatic heterocycles. The first-order valence-corrected chi connectivity index (χ1v) is 11.9. The minimum Gasteiger partial charge on any atom is -0.497 e. The molecule has 0 amide bonds. The number of aliphatic hydroxyl groups is 1. The Balaban J connectivity index is 1.67. The summed E-state index contributed by atoms with van der Waals surface area (Å²) < 4.78 is 22.9. The van der Waals surface area contributed by atoms with Gasteiger partial charge >= 0.3 is 5.97 Å². The van der Waals surface area contributed by atoms with E-state index in [9.17, 15) is 9.90 Å². The van der Waals surface area contributed by atoms with Gasteiger partial charge in [-0.05, 0) is 64.3 Å². The predicted octanol–water partition coefficient (Wildman–Crippen LogP) is 3.93. The van der Waals surface area contributed by atoms with E-state index in [1.165, 1.54) is 5.57 Å². The molecule has 0 bridgehead atoms. The SMILES string of the molecule is COc1ccc(NCC(=O)O[C@@H]2CC[C@](O)(CCl)[C@@H]([C@@]3(C)OC3CC=C(C)C)[C@@H]2OC)cc1. The Kier molecular flexibility index (Phi) is 8.32. The van der Waals surface area contributed by atoms with Gasteiger partial charge in [0, 0.05) is 12.8 Å². The molecule has 6 atom stereocenters. The standard InChI is InChI=1S/C25H36ClNO6/c1-16(2)6-11-20-24(3,33-20)23-22(31-5)19(12-13-25(23,29)15-26)32-21(28)14-27-17-7-9-18(30-4)10-8-17/h6-10,19-20,22-23,27,29H,11-15H2,1-5H3/t19-,20?,22-,23-,24+,25+/m1/s1. The van der Waals surface area contributed by atoms with Crippen molar-refractivity contribution < 1.29 is 28.8 Å². The van der Waals surface area contributed by atoms with Crippen LogP contribution >= 0.6 is 11.6 Å². The minimum absolute atomic E-state index is 0.0146. The largest absolute Gasteiger partial charge is 0.497 e. The lowest BCUT2D eigenvalue weighted by atomic mass is 9.66. The topological polar surface area (TPSA) is 89.6 Å². The Labute approximate surface area is 201 Å². The summed E-state index contributed by atoms with van der Waals surface area (Å²) in [5, 5.41) is 14.4. The van der Waals surface area contributed by atoms with Gasteiger partial charge in [0.25, 0.3) is 0 Å². The van der Waals surface area contributed by atoms with Gasteiger partial charge in [0.1, 0.15) is 30.1 Å². The number of hydrogen-bond acceptors (Lipinski definition) is 7. The maximum atomic E-state index is 12.6. The van der Waals surface area contributed by atoms with Crippen molar-refractivity contribution in [3.8, 4) is 5.75 Å². The van der Waals surface area contributed by atoms with Crippen LogP contribution in [-0.4, -0.2) is 67.2 Å². The molecule has 1 aliphatic carbocycles. The average Bonchev–Trinajstić information content (AvgIpc) is 3.47. The maximum absolute atomic E-state index is 12.6. The second kappa shape index (κ2) is 10.6. The number of nitrogens with one attached hydrogen (secondary N) is 1. The van der Waals surface area contributed by atoms with Crippen LogP contribution in [0.2, 0.25) is 0 Å². The first-order chi connectivity index (χ1) is 15.7. The van der Waals surface area contributed by atoms with Crippen LogP contribution in [0.3, 0.4) is 0 Å². The second-order valence-corrected chi connectivity index (χ2v) is 9.64. The third kappa shape index (κ3) is 5.83. The smallest absolute Gasteiger partial charge is 0.325 e. The zero-order valence-electron chi connectivity index (χ0n) is 20.1. The number of carbonyl (C=O) groups excluding carboxylic acids is 1. The van der Waals surface area contributed by atoms with Crippen molar-refractivity contribution in [3.63, 3.8) is 0 Å². The van der Waals surface area contributed by atoms with Crippen molar-refractivity contribution in [1.82, 2.24) is 0 Å². The fourth-order valence-electron chi connectivity index (χ4n) is 4.92. The van der Waals surface area contributed by atoms with E-state index in [1.807, 2.05) is 45.0 Å². The fraction of sp³-hybridized carbons (Fsp3) is 0.640. The molecule has 2 aliphatic rings. The molecular formula is C25H36ClNO6. The molecule has 1 unspecified atom stereocenters. The van der Waals surface area contributed by atoms with E-state index in [0.29, 0.717) is 12.8 Å². The third-order valence-corrected chi connectivity index (χ3v) is 7.25. The Hall–Kier alpha value is -1.80. The molecule has 1 heterocycles. The van der Waals surface area contributed by atoms with E-state index in [4.69, 9.17) is 30.5 Å². The van der Waals surface area contributed by atoms with Crippen molar-refractivity contribution in [1.29, 1.82) is 0 Å². The highest BCUT2D eigenvalue weighted by atomic mass is 35.5. The van der Waals surface area contributed by atoms with E-state index in [0.717, 1.165) is 17.9 Å². The highest BCUT2D eigenvalue weighted by Crippen LogP contribution is 2.54. The highest BCUT2D eigenvalue weighted by Gasteiger charge is 2.67. The maximum Gasteiger partial charge on any atom is 0.325 e. The molecule has 8 heteroatoms.